The second-order valence-electron chi connectivity index (χ2n) is 4.78. The Morgan fingerprint density at radius 2 is 2.05 bits per heavy atom. The van der Waals surface area contributed by atoms with Crippen molar-refractivity contribution in [2.24, 2.45) is 7.05 Å². The van der Waals surface area contributed by atoms with E-state index in [1.54, 1.807) is 7.11 Å². The van der Waals surface area contributed by atoms with Gasteiger partial charge in [-0.15, -0.1) is 0 Å². The Bertz CT molecular complexity index is 575. The van der Waals surface area contributed by atoms with Crippen molar-refractivity contribution >= 4 is 0 Å². The fraction of sp³-hybridized carbons (Fsp3) is 0.400. The molecule has 2 aromatic rings. The molecule has 1 N–H and O–H groups in total. The van der Waals surface area contributed by atoms with Crippen LogP contribution >= 0.6 is 0 Å². The molecule has 1 aromatic carbocycles. The van der Waals surface area contributed by atoms with Crippen molar-refractivity contribution in [1.82, 2.24) is 14.9 Å². The average Bonchev–Trinajstić information content (AvgIpc) is 2.81. The van der Waals surface area contributed by atoms with Crippen LogP contribution in [0.4, 0.5) is 0 Å². The van der Waals surface area contributed by atoms with Crippen LogP contribution in [-0.4, -0.2) is 23.7 Å². The molecule has 102 valence electrons. The number of nitrogens with zero attached hydrogens (tertiary/aromatic N) is 2. The molecule has 0 aliphatic heterocycles. The summed E-state index contributed by atoms with van der Waals surface area (Å²) in [6, 6.07) is 4.32. The molecule has 0 saturated heterocycles. The third-order valence-electron chi connectivity index (χ3n) is 3.66. The van der Waals surface area contributed by atoms with Crippen LogP contribution in [0.25, 0.3) is 0 Å². The van der Waals surface area contributed by atoms with E-state index in [9.17, 15) is 0 Å². The molecule has 0 amide bonds. The zero-order valence-electron chi connectivity index (χ0n) is 12.2. The van der Waals surface area contributed by atoms with Crippen molar-refractivity contribution in [3.8, 4) is 5.75 Å². The fourth-order valence-corrected chi connectivity index (χ4v) is 2.42. The minimum Gasteiger partial charge on any atom is -0.496 e. The lowest BCUT2D eigenvalue weighted by Crippen LogP contribution is -2.21. The summed E-state index contributed by atoms with van der Waals surface area (Å²) in [7, 11) is 5.67. The van der Waals surface area contributed by atoms with Gasteiger partial charge >= 0.3 is 0 Å². The summed E-state index contributed by atoms with van der Waals surface area (Å²) in [6.07, 6.45) is 3.70. The van der Waals surface area contributed by atoms with E-state index < -0.39 is 0 Å². The highest BCUT2D eigenvalue weighted by Gasteiger charge is 2.20. The highest BCUT2D eigenvalue weighted by molar-refractivity contribution is 5.48. The number of rotatable bonds is 4. The molecule has 0 aliphatic carbocycles. The zero-order chi connectivity index (χ0) is 14.0. The molecular weight excluding hydrogens is 238 g/mol. The van der Waals surface area contributed by atoms with Gasteiger partial charge in [0.2, 0.25) is 0 Å². The van der Waals surface area contributed by atoms with Crippen molar-refractivity contribution in [3.05, 3.63) is 47.0 Å². The predicted octanol–water partition coefficient (Wildman–Crippen LogP) is 2.35. The Kier molecular flexibility index (Phi) is 3.90. The maximum Gasteiger partial charge on any atom is 0.127 e. The summed E-state index contributed by atoms with van der Waals surface area (Å²) in [4.78, 5) is 4.19. The van der Waals surface area contributed by atoms with Gasteiger partial charge in [-0.2, -0.15) is 0 Å². The molecule has 4 heteroatoms. The lowest BCUT2D eigenvalue weighted by Gasteiger charge is -2.22. The quantitative estimate of drug-likeness (QED) is 0.916. The molecule has 0 fully saturated rings. The monoisotopic (exact) mass is 259 g/mol. The van der Waals surface area contributed by atoms with Gasteiger partial charge in [0.05, 0.1) is 31.4 Å². The van der Waals surface area contributed by atoms with Crippen LogP contribution in [0.3, 0.4) is 0 Å². The Labute approximate surface area is 114 Å². The van der Waals surface area contributed by atoms with Crippen molar-refractivity contribution in [2.45, 2.75) is 19.9 Å². The summed E-state index contributed by atoms with van der Waals surface area (Å²) in [6.45, 7) is 4.19. The van der Waals surface area contributed by atoms with Crippen LogP contribution in [-0.2, 0) is 7.05 Å². The predicted molar refractivity (Wildman–Crippen MR) is 76.6 cm³/mol. The van der Waals surface area contributed by atoms with Crippen LogP contribution in [0, 0.1) is 13.8 Å². The Balaban J connectivity index is 2.56. The summed E-state index contributed by atoms with van der Waals surface area (Å²) < 4.78 is 7.63. The smallest absolute Gasteiger partial charge is 0.127 e. The molecule has 4 nitrogen and oxygen atoms in total. The fourth-order valence-electron chi connectivity index (χ4n) is 2.42. The second-order valence-corrected chi connectivity index (χ2v) is 4.78. The molecular formula is C15H21N3O. The van der Waals surface area contributed by atoms with E-state index in [0.717, 1.165) is 17.0 Å². The minimum absolute atomic E-state index is 0.0711. The van der Waals surface area contributed by atoms with E-state index in [1.165, 1.54) is 11.1 Å². The lowest BCUT2D eigenvalue weighted by molar-refractivity contribution is 0.401. The van der Waals surface area contributed by atoms with E-state index in [0.29, 0.717) is 0 Å². The molecule has 0 bridgehead atoms. The number of imidazole rings is 1. The average molecular weight is 259 g/mol. The van der Waals surface area contributed by atoms with Gasteiger partial charge in [-0.25, -0.2) is 4.98 Å². The Morgan fingerprint density at radius 3 is 2.58 bits per heavy atom. The number of aryl methyl sites for hydroxylation is 2. The number of hydrogen-bond acceptors (Lipinski definition) is 3. The molecule has 1 aromatic heterocycles. The number of hydrogen-bond donors (Lipinski definition) is 1. The first-order valence-corrected chi connectivity index (χ1v) is 6.37. The number of methoxy groups -OCH3 is 1. The Hall–Kier alpha value is -1.81. The van der Waals surface area contributed by atoms with Crippen LogP contribution in [0.2, 0.25) is 0 Å². The SMILES string of the molecule is CNC(c1ccc(C)c(C)c1OC)c1cncn1C. The number of nitrogens with one attached hydrogen (secondary N) is 1. The highest BCUT2D eigenvalue weighted by Crippen LogP contribution is 2.33. The first kappa shape index (κ1) is 13.6. The molecule has 0 saturated carbocycles. The first-order valence-electron chi connectivity index (χ1n) is 6.37. The van der Waals surface area contributed by atoms with Gasteiger partial charge in [0, 0.05) is 12.6 Å². The van der Waals surface area contributed by atoms with Crippen LogP contribution in [0.5, 0.6) is 5.75 Å². The van der Waals surface area contributed by atoms with E-state index in [-0.39, 0.29) is 6.04 Å². The molecule has 1 heterocycles. The van der Waals surface area contributed by atoms with Gasteiger partial charge in [-0.1, -0.05) is 12.1 Å². The van der Waals surface area contributed by atoms with Crippen molar-refractivity contribution < 1.29 is 4.74 Å². The largest absolute Gasteiger partial charge is 0.496 e. The minimum atomic E-state index is 0.0711. The van der Waals surface area contributed by atoms with E-state index in [1.807, 2.05) is 31.2 Å². The van der Waals surface area contributed by atoms with Gasteiger partial charge in [0.15, 0.2) is 0 Å². The third kappa shape index (κ3) is 2.36. The molecule has 19 heavy (non-hydrogen) atoms. The number of benzene rings is 1. The van der Waals surface area contributed by atoms with E-state index >= 15 is 0 Å². The van der Waals surface area contributed by atoms with Crippen LogP contribution < -0.4 is 10.1 Å². The third-order valence-corrected chi connectivity index (χ3v) is 3.66. The second kappa shape index (κ2) is 5.45. The number of ether oxygens (including phenoxy) is 1. The molecule has 1 unspecified atom stereocenters. The normalized spacial score (nSPS) is 12.5. The lowest BCUT2D eigenvalue weighted by atomic mass is 9.97. The summed E-state index contributed by atoms with van der Waals surface area (Å²) in [5, 5.41) is 3.34. The van der Waals surface area contributed by atoms with Crippen molar-refractivity contribution in [1.29, 1.82) is 0 Å². The van der Waals surface area contributed by atoms with Gasteiger partial charge in [0.25, 0.3) is 0 Å². The topological polar surface area (TPSA) is 39.1 Å². The van der Waals surface area contributed by atoms with Gasteiger partial charge in [-0.3, -0.25) is 0 Å². The van der Waals surface area contributed by atoms with Crippen LogP contribution in [0.15, 0.2) is 24.7 Å². The highest BCUT2D eigenvalue weighted by atomic mass is 16.5. The zero-order valence-corrected chi connectivity index (χ0v) is 12.2. The van der Waals surface area contributed by atoms with Gasteiger partial charge < -0.3 is 14.6 Å². The Morgan fingerprint density at radius 1 is 1.32 bits per heavy atom. The van der Waals surface area contributed by atoms with Crippen molar-refractivity contribution in [2.75, 3.05) is 14.2 Å². The maximum atomic E-state index is 5.61. The van der Waals surface area contributed by atoms with Crippen molar-refractivity contribution in [3.63, 3.8) is 0 Å². The number of aromatic nitrogens is 2. The summed E-state index contributed by atoms with van der Waals surface area (Å²) in [5.74, 6) is 0.945. The molecule has 0 aliphatic rings. The molecule has 2 rings (SSSR count). The van der Waals surface area contributed by atoms with E-state index in [4.69, 9.17) is 4.74 Å². The first-order chi connectivity index (χ1) is 9.10. The summed E-state index contributed by atoms with van der Waals surface area (Å²) >= 11 is 0. The molecule has 0 spiro atoms. The molecule has 0 radical (unpaired) electrons. The standard InChI is InChI=1S/C15H21N3O/c1-10-6-7-12(15(19-5)11(10)2)14(16-3)13-8-17-9-18(13)4/h6-9,14,16H,1-5H3. The molecule has 1 atom stereocenters. The van der Waals surface area contributed by atoms with Crippen LogP contribution in [0.1, 0.15) is 28.4 Å². The van der Waals surface area contributed by atoms with Gasteiger partial charge in [0.1, 0.15) is 5.75 Å². The maximum absolute atomic E-state index is 5.61. The summed E-state index contributed by atoms with van der Waals surface area (Å²) in [5.41, 5.74) is 4.67. The van der Waals surface area contributed by atoms with Gasteiger partial charge in [-0.05, 0) is 32.0 Å². The van der Waals surface area contributed by atoms with E-state index in [2.05, 4.69) is 36.3 Å².